The van der Waals surface area contributed by atoms with Crippen LogP contribution in [0, 0.1) is 23.7 Å². The lowest BCUT2D eigenvalue weighted by atomic mass is 9.75. The van der Waals surface area contributed by atoms with E-state index in [0.717, 1.165) is 0 Å². The number of ether oxygens (including phenoxy) is 7. The zero-order chi connectivity index (χ0) is 37.7. The van der Waals surface area contributed by atoms with Crippen LogP contribution >= 0.6 is 0 Å². The van der Waals surface area contributed by atoms with Crippen molar-refractivity contribution in [3.05, 3.63) is 0 Å². The lowest BCUT2D eigenvalue weighted by molar-refractivity contribution is -0.311. The summed E-state index contributed by atoms with van der Waals surface area (Å²) in [5.41, 5.74) is 10.2. The number of nitrogens with two attached hydrogens (primary N) is 2. The topological polar surface area (TPSA) is 177 Å². The number of methoxy groups -OCH3 is 1. The van der Waals surface area contributed by atoms with Crippen LogP contribution in [0.5, 0.6) is 0 Å². The summed E-state index contributed by atoms with van der Waals surface area (Å²) in [5, 5.41) is 24.1. The number of aliphatic hydroxyl groups is 2. The molecule has 0 aromatic carbocycles. The minimum atomic E-state index is -1.50. The Morgan fingerprint density at radius 3 is 2.18 bits per heavy atom. The number of rotatable bonds is 7. The van der Waals surface area contributed by atoms with E-state index in [-0.39, 0.29) is 36.5 Å². The highest BCUT2D eigenvalue weighted by Crippen LogP contribution is 2.46. The molecule has 6 N–H and O–H groups in total. The molecule has 0 radical (unpaired) electrons. The predicted molar refractivity (Wildman–Crippen MR) is 188 cm³/mol. The Morgan fingerprint density at radius 2 is 1.60 bits per heavy atom. The minimum Gasteiger partial charge on any atom is -0.459 e. The van der Waals surface area contributed by atoms with Crippen LogP contribution in [0.3, 0.4) is 0 Å². The molecule has 4 aliphatic heterocycles. The van der Waals surface area contributed by atoms with Crippen molar-refractivity contribution in [2.24, 2.45) is 35.1 Å². The molecular formula is C37H69N3O10. The first kappa shape index (κ1) is 41.8. The van der Waals surface area contributed by atoms with Crippen molar-refractivity contribution >= 4 is 5.97 Å². The lowest BCUT2D eigenvalue weighted by Gasteiger charge is -2.49. The van der Waals surface area contributed by atoms with E-state index in [1.807, 2.05) is 67.5 Å². The number of hydrogen-bond donors (Lipinski definition) is 4. The van der Waals surface area contributed by atoms with Crippen molar-refractivity contribution in [3.8, 4) is 0 Å². The Bertz CT molecular complexity index is 1150. The molecule has 13 heteroatoms. The monoisotopic (exact) mass is 715 g/mol. The van der Waals surface area contributed by atoms with Crippen molar-refractivity contribution in [1.82, 2.24) is 4.90 Å². The van der Waals surface area contributed by atoms with Crippen molar-refractivity contribution in [1.29, 1.82) is 0 Å². The first-order valence-corrected chi connectivity index (χ1v) is 18.7. The summed E-state index contributed by atoms with van der Waals surface area (Å²) in [6, 6.07) is -1.06. The van der Waals surface area contributed by atoms with E-state index >= 15 is 0 Å². The SMILES string of the molecule is CC[C@H]1OC(=O)C(C)C(O[C@H]2C[C@@](C)(OC)[C@@H](N)[C@H](C)O2)[C@H](C)[C@@H](O[C@@H]2O[C@H](C)C[C@H](N(C)C)[C@H]2O)[C@](C)(O)C[C@@H](C)[C@@H]2O[C@@]1(C)[C@@H](N)[C@H]2C. The summed E-state index contributed by atoms with van der Waals surface area (Å²) < 4.78 is 45.0. The maximum absolute atomic E-state index is 14.3. The molecule has 0 saturated carbocycles. The molecule has 4 rings (SSSR count). The molecule has 2 unspecified atom stereocenters. The van der Waals surface area contributed by atoms with Gasteiger partial charge in [-0.2, -0.15) is 0 Å². The molecule has 0 amide bonds. The van der Waals surface area contributed by atoms with Gasteiger partial charge in [-0.15, -0.1) is 0 Å². The Morgan fingerprint density at radius 1 is 0.960 bits per heavy atom. The van der Waals surface area contributed by atoms with Gasteiger partial charge in [-0.25, -0.2) is 0 Å². The van der Waals surface area contributed by atoms with Gasteiger partial charge in [-0.1, -0.05) is 27.7 Å². The summed E-state index contributed by atoms with van der Waals surface area (Å²) >= 11 is 0. The predicted octanol–water partition coefficient (Wildman–Crippen LogP) is 2.56. The standard InChI is InChI=1S/C37H69N3O10/c1-14-25-37(10)30(38)20(4)28(50-37)18(2)16-35(8,43)32(49-34-27(41)24(40(11)12)15-19(3)45-34)21(5)29(22(6)33(42)47-25)48-26-17-36(9,44-13)31(39)23(7)46-26/h18-32,34,41,43H,14-17,38-39H2,1-13H3/t18-,19-,20+,21+,22?,23+,24+,25-,26+,27-,28+,29?,30+,31+,32-,34+,35-,36-,37-/m1/s1. The molecule has 0 aromatic rings. The summed E-state index contributed by atoms with van der Waals surface area (Å²) in [5.74, 6) is -2.22. The molecule has 2 bridgehead atoms. The third-order valence-electron chi connectivity index (χ3n) is 12.7. The number of esters is 1. The van der Waals surface area contributed by atoms with E-state index in [1.165, 1.54) is 0 Å². The van der Waals surface area contributed by atoms with E-state index < -0.39 is 89.8 Å². The molecule has 0 spiro atoms. The van der Waals surface area contributed by atoms with E-state index in [4.69, 9.17) is 44.6 Å². The molecule has 19 atom stereocenters. The van der Waals surface area contributed by atoms with Crippen LogP contribution in [-0.2, 0) is 38.0 Å². The van der Waals surface area contributed by atoms with Crippen LogP contribution in [-0.4, -0.2) is 133 Å². The van der Waals surface area contributed by atoms with Gasteiger partial charge in [0.1, 0.15) is 17.8 Å². The number of aliphatic hydroxyl groups excluding tert-OH is 1. The number of fused-ring (bicyclic) bond motifs is 2. The maximum Gasteiger partial charge on any atom is 0.311 e. The Kier molecular flexibility index (Phi) is 13.2. The molecule has 0 aromatic heterocycles. The Hall–Kier alpha value is -0.970. The molecule has 50 heavy (non-hydrogen) atoms. The van der Waals surface area contributed by atoms with E-state index in [2.05, 4.69) is 6.92 Å². The number of cyclic esters (lactones) is 1. The Balaban J connectivity index is 1.81. The first-order valence-electron chi connectivity index (χ1n) is 18.7. The van der Waals surface area contributed by atoms with Crippen LogP contribution in [0.25, 0.3) is 0 Å². The number of carbonyl (C=O) groups excluding carboxylic acids is 1. The molecule has 13 nitrogen and oxygen atoms in total. The molecule has 4 heterocycles. The van der Waals surface area contributed by atoms with Crippen molar-refractivity contribution in [2.45, 2.75) is 185 Å². The van der Waals surface area contributed by atoms with Gasteiger partial charge in [0, 0.05) is 37.5 Å². The van der Waals surface area contributed by atoms with E-state index in [1.54, 1.807) is 21.0 Å². The van der Waals surface area contributed by atoms with Gasteiger partial charge in [-0.3, -0.25) is 4.79 Å². The van der Waals surface area contributed by atoms with Crippen LogP contribution in [0.2, 0.25) is 0 Å². The van der Waals surface area contributed by atoms with Gasteiger partial charge < -0.3 is 59.7 Å². The number of nitrogens with zero attached hydrogens (tertiary/aromatic N) is 1. The number of hydrogen-bond acceptors (Lipinski definition) is 13. The second-order valence-corrected chi connectivity index (χ2v) is 16.9. The molecular weight excluding hydrogens is 646 g/mol. The summed E-state index contributed by atoms with van der Waals surface area (Å²) in [7, 11) is 5.44. The van der Waals surface area contributed by atoms with Crippen LogP contribution < -0.4 is 11.5 Å². The smallest absolute Gasteiger partial charge is 0.311 e. The molecule has 292 valence electrons. The average molecular weight is 716 g/mol. The fourth-order valence-corrected chi connectivity index (χ4v) is 9.32. The second-order valence-electron chi connectivity index (χ2n) is 16.9. The van der Waals surface area contributed by atoms with Crippen molar-refractivity contribution < 1.29 is 48.2 Å². The number of likely N-dealkylation sites (N-methyl/N-ethyl adjacent to an activating group) is 1. The largest absolute Gasteiger partial charge is 0.459 e. The van der Waals surface area contributed by atoms with Gasteiger partial charge in [0.25, 0.3) is 0 Å². The van der Waals surface area contributed by atoms with Gasteiger partial charge in [0.2, 0.25) is 0 Å². The average Bonchev–Trinajstić information content (AvgIpc) is 3.28. The highest BCUT2D eigenvalue weighted by molar-refractivity contribution is 5.73. The minimum absolute atomic E-state index is 0.0797. The normalized spacial score (nSPS) is 52.6. The van der Waals surface area contributed by atoms with Crippen molar-refractivity contribution in [2.75, 3.05) is 21.2 Å². The quantitative estimate of drug-likeness (QED) is 0.283. The third-order valence-corrected chi connectivity index (χ3v) is 12.7. The van der Waals surface area contributed by atoms with Crippen LogP contribution in [0.15, 0.2) is 0 Å². The summed E-state index contributed by atoms with van der Waals surface area (Å²) in [6.07, 6.45) is -4.56. The van der Waals surface area contributed by atoms with Gasteiger partial charge >= 0.3 is 5.97 Å². The van der Waals surface area contributed by atoms with Gasteiger partial charge in [0.15, 0.2) is 12.6 Å². The van der Waals surface area contributed by atoms with Gasteiger partial charge in [-0.05, 0) is 80.8 Å². The van der Waals surface area contributed by atoms with Crippen LogP contribution in [0.4, 0.5) is 0 Å². The zero-order valence-corrected chi connectivity index (χ0v) is 32.8. The zero-order valence-electron chi connectivity index (χ0n) is 32.8. The highest BCUT2D eigenvalue weighted by atomic mass is 16.7. The fourth-order valence-electron chi connectivity index (χ4n) is 9.32. The lowest BCUT2D eigenvalue weighted by Crippen LogP contribution is -2.62. The number of carbonyl (C=O) groups is 1. The van der Waals surface area contributed by atoms with Crippen molar-refractivity contribution in [3.63, 3.8) is 0 Å². The summed E-state index contributed by atoms with van der Waals surface area (Å²) in [4.78, 5) is 16.2. The first-order chi connectivity index (χ1) is 23.1. The molecule has 4 fully saturated rings. The second kappa shape index (κ2) is 15.8. The maximum atomic E-state index is 14.3. The van der Waals surface area contributed by atoms with E-state index in [0.29, 0.717) is 19.3 Å². The third kappa shape index (κ3) is 8.08. The molecule has 0 aliphatic carbocycles. The summed E-state index contributed by atoms with van der Waals surface area (Å²) in [6.45, 7) is 19.1. The van der Waals surface area contributed by atoms with Crippen LogP contribution in [0.1, 0.15) is 94.9 Å². The molecule has 4 aliphatic rings. The van der Waals surface area contributed by atoms with E-state index in [9.17, 15) is 15.0 Å². The fraction of sp³-hybridized carbons (Fsp3) is 0.973. The highest BCUT2D eigenvalue weighted by Gasteiger charge is 2.58. The Labute approximate surface area is 300 Å². The van der Waals surface area contributed by atoms with Gasteiger partial charge in [0.05, 0.1) is 53.7 Å². The molecule has 4 saturated heterocycles.